The van der Waals surface area contributed by atoms with Crippen LogP contribution < -0.4 is 24.3 Å². The lowest BCUT2D eigenvalue weighted by Crippen LogP contribution is -2.09. The summed E-state index contributed by atoms with van der Waals surface area (Å²) in [5.41, 5.74) is 1.28. The zero-order valence-electron chi connectivity index (χ0n) is 19.1. The van der Waals surface area contributed by atoms with Crippen LogP contribution in [0.1, 0.15) is 19.4 Å². The number of hydrogen-bond donors (Lipinski definition) is 1. The molecule has 1 amide bonds. The first-order valence-electron chi connectivity index (χ1n) is 10.2. The molecular weight excluding hydrogens is 434 g/mol. The normalized spacial score (nSPS) is 11.0. The fourth-order valence-corrected chi connectivity index (χ4v) is 2.96. The lowest BCUT2D eigenvalue weighted by molar-refractivity contribution is -0.111. The van der Waals surface area contributed by atoms with E-state index in [-0.39, 0.29) is 5.91 Å². The van der Waals surface area contributed by atoms with Crippen molar-refractivity contribution in [1.29, 1.82) is 0 Å². The Kier molecular flexibility index (Phi) is 10.2. The SMILES string of the molecule is COCCOc1cc(NC(=O)/C=C/c2cc(Cl)c(OCC(C)C)c(OC)c2)ccc1OC. The molecule has 0 heterocycles. The van der Waals surface area contributed by atoms with Crippen LogP contribution in [0.4, 0.5) is 5.69 Å². The summed E-state index contributed by atoms with van der Waals surface area (Å²) < 4.78 is 27.1. The van der Waals surface area contributed by atoms with Gasteiger partial charge in [-0.25, -0.2) is 0 Å². The lowest BCUT2D eigenvalue weighted by Gasteiger charge is -2.14. The summed E-state index contributed by atoms with van der Waals surface area (Å²) in [6.07, 6.45) is 3.06. The van der Waals surface area contributed by atoms with Crippen LogP contribution in [0.3, 0.4) is 0 Å². The van der Waals surface area contributed by atoms with E-state index in [1.54, 1.807) is 57.7 Å². The molecule has 0 atom stereocenters. The maximum Gasteiger partial charge on any atom is 0.248 e. The van der Waals surface area contributed by atoms with Gasteiger partial charge in [0.25, 0.3) is 0 Å². The summed E-state index contributed by atoms with van der Waals surface area (Å²) in [6.45, 7) is 5.42. The van der Waals surface area contributed by atoms with Crippen molar-refractivity contribution in [1.82, 2.24) is 0 Å². The number of benzene rings is 2. The van der Waals surface area contributed by atoms with Crippen LogP contribution in [0.5, 0.6) is 23.0 Å². The number of methoxy groups -OCH3 is 3. The van der Waals surface area contributed by atoms with Gasteiger partial charge in [0, 0.05) is 24.9 Å². The molecule has 0 fully saturated rings. The minimum Gasteiger partial charge on any atom is -0.493 e. The average Bonchev–Trinajstić information content (AvgIpc) is 2.76. The van der Waals surface area contributed by atoms with E-state index in [9.17, 15) is 4.79 Å². The van der Waals surface area contributed by atoms with E-state index in [0.29, 0.717) is 65.0 Å². The number of rotatable bonds is 12. The van der Waals surface area contributed by atoms with Crippen molar-refractivity contribution in [2.24, 2.45) is 5.92 Å². The molecule has 2 aromatic carbocycles. The van der Waals surface area contributed by atoms with Gasteiger partial charge in [0.1, 0.15) is 6.61 Å². The third-order valence-electron chi connectivity index (χ3n) is 4.22. The molecular formula is C24H30ClNO6. The molecule has 7 nitrogen and oxygen atoms in total. The van der Waals surface area contributed by atoms with Crippen molar-refractivity contribution < 1.29 is 28.5 Å². The van der Waals surface area contributed by atoms with Crippen molar-refractivity contribution in [3.05, 3.63) is 47.0 Å². The van der Waals surface area contributed by atoms with Gasteiger partial charge in [0.2, 0.25) is 5.91 Å². The van der Waals surface area contributed by atoms with Gasteiger partial charge in [-0.2, -0.15) is 0 Å². The highest BCUT2D eigenvalue weighted by Crippen LogP contribution is 2.37. The van der Waals surface area contributed by atoms with Gasteiger partial charge in [-0.1, -0.05) is 25.4 Å². The van der Waals surface area contributed by atoms with Crippen LogP contribution in [-0.2, 0) is 9.53 Å². The van der Waals surface area contributed by atoms with E-state index in [4.69, 9.17) is 35.3 Å². The number of hydrogen-bond acceptors (Lipinski definition) is 6. The Morgan fingerprint density at radius 2 is 1.75 bits per heavy atom. The molecule has 0 spiro atoms. The first kappa shape index (κ1) is 25.4. The van der Waals surface area contributed by atoms with Crippen LogP contribution in [0, 0.1) is 5.92 Å². The number of carbonyl (C=O) groups is 1. The molecule has 0 aliphatic carbocycles. The number of amides is 1. The maximum atomic E-state index is 12.4. The number of halogens is 1. The quantitative estimate of drug-likeness (QED) is 0.350. The third kappa shape index (κ3) is 7.66. The highest BCUT2D eigenvalue weighted by molar-refractivity contribution is 6.32. The van der Waals surface area contributed by atoms with Gasteiger partial charge in [0.05, 0.1) is 32.5 Å². The Hall–Kier alpha value is -2.90. The average molecular weight is 464 g/mol. The predicted octanol–water partition coefficient (Wildman–Crippen LogP) is 5.07. The van der Waals surface area contributed by atoms with Crippen molar-refractivity contribution >= 4 is 29.3 Å². The number of carbonyl (C=O) groups excluding carboxylic acids is 1. The largest absolute Gasteiger partial charge is 0.493 e. The minimum absolute atomic E-state index is 0.312. The van der Waals surface area contributed by atoms with Crippen LogP contribution in [0.15, 0.2) is 36.4 Å². The molecule has 0 radical (unpaired) electrons. The molecule has 0 unspecified atom stereocenters. The van der Waals surface area contributed by atoms with Crippen LogP contribution >= 0.6 is 11.6 Å². The molecule has 32 heavy (non-hydrogen) atoms. The fourth-order valence-electron chi connectivity index (χ4n) is 2.68. The highest BCUT2D eigenvalue weighted by atomic mass is 35.5. The Labute approximate surface area is 194 Å². The topological polar surface area (TPSA) is 75.3 Å². The van der Waals surface area contributed by atoms with Gasteiger partial charge in [-0.05, 0) is 41.8 Å². The van der Waals surface area contributed by atoms with Crippen molar-refractivity contribution in [3.63, 3.8) is 0 Å². The molecule has 0 saturated heterocycles. The first-order valence-corrected chi connectivity index (χ1v) is 10.5. The highest BCUT2D eigenvalue weighted by Gasteiger charge is 2.12. The van der Waals surface area contributed by atoms with Gasteiger partial charge >= 0.3 is 0 Å². The molecule has 0 aliphatic heterocycles. The maximum absolute atomic E-state index is 12.4. The van der Waals surface area contributed by atoms with E-state index >= 15 is 0 Å². The summed E-state index contributed by atoms with van der Waals surface area (Å²) in [5.74, 6) is 2.11. The smallest absolute Gasteiger partial charge is 0.248 e. The van der Waals surface area contributed by atoms with Crippen LogP contribution in [-0.4, -0.2) is 47.1 Å². The minimum atomic E-state index is -0.312. The van der Waals surface area contributed by atoms with E-state index in [1.807, 2.05) is 13.8 Å². The standard InChI is InChI=1S/C24H30ClNO6/c1-16(2)15-32-24-19(25)12-17(13-22(24)30-5)6-9-23(27)26-18-7-8-20(29-4)21(14-18)31-11-10-28-3/h6-9,12-14,16H,10-11,15H2,1-5H3,(H,26,27)/b9-6+. The van der Waals surface area contributed by atoms with E-state index in [0.717, 1.165) is 0 Å². The number of anilines is 1. The summed E-state index contributed by atoms with van der Waals surface area (Å²) in [7, 11) is 4.70. The van der Waals surface area contributed by atoms with E-state index in [1.165, 1.54) is 6.08 Å². The summed E-state index contributed by atoms with van der Waals surface area (Å²) in [5, 5.41) is 3.22. The third-order valence-corrected chi connectivity index (χ3v) is 4.50. The number of ether oxygens (including phenoxy) is 5. The molecule has 174 valence electrons. The van der Waals surface area contributed by atoms with Crippen molar-refractivity contribution in [2.45, 2.75) is 13.8 Å². The lowest BCUT2D eigenvalue weighted by atomic mass is 10.1. The molecule has 0 saturated carbocycles. The molecule has 0 bridgehead atoms. The molecule has 2 rings (SSSR count). The van der Waals surface area contributed by atoms with Crippen molar-refractivity contribution in [3.8, 4) is 23.0 Å². The Morgan fingerprint density at radius 1 is 1.00 bits per heavy atom. The zero-order chi connectivity index (χ0) is 23.5. The van der Waals surface area contributed by atoms with Gasteiger partial charge in [-0.15, -0.1) is 0 Å². The second-order valence-electron chi connectivity index (χ2n) is 7.27. The van der Waals surface area contributed by atoms with Gasteiger partial charge in [0.15, 0.2) is 23.0 Å². The molecule has 8 heteroatoms. The fraction of sp³-hybridized carbons (Fsp3) is 0.375. The first-order chi connectivity index (χ1) is 15.4. The monoisotopic (exact) mass is 463 g/mol. The van der Waals surface area contributed by atoms with Crippen molar-refractivity contribution in [2.75, 3.05) is 46.5 Å². The van der Waals surface area contributed by atoms with Crippen LogP contribution in [0.2, 0.25) is 5.02 Å². The Morgan fingerprint density at radius 3 is 2.41 bits per heavy atom. The van der Waals surface area contributed by atoms with E-state index in [2.05, 4.69) is 5.32 Å². The van der Waals surface area contributed by atoms with E-state index < -0.39 is 0 Å². The molecule has 0 aliphatic rings. The van der Waals surface area contributed by atoms with Crippen LogP contribution in [0.25, 0.3) is 6.08 Å². The summed E-state index contributed by atoms with van der Waals surface area (Å²) >= 11 is 6.37. The summed E-state index contributed by atoms with van der Waals surface area (Å²) in [4.78, 5) is 12.4. The zero-order valence-corrected chi connectivity index (χ0v) is 19.8. The Bertz CT molecular complexity index is 929. The second-order valence-corrected chi connectivity index (χ2v) is 7.68. The molecule has 1 N–H and O–H groups in total. The second kappa shape index (κ2) is 12.8. The summed E-state index contributed by atoms with van der Waals surface area (Å²) in [6, 6.07) is 8.64. The molecule has 0 aromatic heterocycles. The number of nitrogens with one attached hydrogen (secondary N) is 1. The molecule has 2 aromatic rings. The Balaban J connectivity index is 2.10. The van der Waals surface area contributed by atoms with Gasteiger partial charge < -0.3 is 29.0 Å². The van der Waals surface area contributed by atoms with Gasteiger partial charge in [-0.3, -0.25) is 4.79 Å². The predicted molar refractivity (Wildman–Crippen MR) is 126 cm³/mol.